The van der Waals surface area contributed by atoms with Crippen LogP contribution in [0.1, 0.15) is 24.3 Å². The van der Waals surface area contributed by atoms with E-state index in [4.69, 9.17) is 14.2 Å². The summed E-state index contributed by atoms with van der Waals surface area (Å²) < 4.78 is 44.5. The van der Waals surface area contributed by atoms with Crippen molar-refractivity contribution in [2.45, 2.75) is 23.7 Å². The first kappa shape index (κ1) is 23.4. The Kier molecular flexibility index (Phi) is 6.81. The zero-order valence-corrected chi connectivity index (χ0v) is 20.0. The van der Waals surface area contributed by atoms with Gasteiger partial charge in [0.15, 0.2) is 0 Å². The lowest BCUT2D eigenvalue weighted by Gasteiger charge is -2.25. The third kappa shape index (κ3) is 4.52. The van der Waals surface area contributed by atoms with Crippen LogP contribution in [0.4, 0.5) is 0 Å². The number of hydrogen-bond donors (Lipinski definition) is 0. The minimum absolute atomic E-state index is 0.00481. The minimum atomic E-state index is -3.79. The Labute approximate surface area is 195 Å². The molecule has 2 aliphatic rings. The molecule has 2 fully saturated rings. The highest BCUT2D eigenvalue weighted by Crippen LogP contribution is 2.42. The summed E-state index contributed by atoms with van der Waals surface area (Å²) in [6, 6.07) is 11.7. The second-order valence-electron chi connectivity index (χ2n) is 8.35. The molecule has 2 atom stereocenters. The van der Waals surface area contributed by atoms with Crippen LogP contribution in [0.2, 0.25) is 0 Å². The fourth-order valence-electron chi connectivity index (χ4n) is 4.73. The molecule has 2 unspecified atom stereocenters. The second kappa shape index (κ2) is 9.61. The Morgan fingerprint density at radius 3 is 2.12 bits per heavy atom. The SMILES string of the molecule is COc1ccc(S(=O)(=O)N2CC(C(=O)N3CCCC3)C(c3cc(OC)ccc3OC)C2)cc1. The number of amides is 1. The lowest BCUT2D eigenvalue weighted by molar-refractivity contribution is -0.134. The van der Waals surface area contributed by atoms with Crippen molar-refractivity contribution in [3.8, 4) is 17.2 Å². The summed E-state index contributed by atoms with van der Waals surface area (Å²) in [6.07, 6.45) is 1.94. The average Bonchev–Trinajstić information content (AvgIpc) is 3.54. The van der Waals surface area contributed by atoms with E-state index >= 15 is 0 Å². The molecular weight excluding hydrogens is 444 g/mol. The summed E-state index contributed by atoms with van der Waals surface area (Å²) >= 11 is 0. The number of ether oxygens (including phenoxy) is 3. The van der Waals surface area contributed by atoms with Gasteiger partial charge in [-0.2, -0.15) is 4.31 Å². The summed E-state index contributed by atoms with van der Waals surface area (Å²) in [4.78, 5) is 15.5. The molecule has 8 nitrogen and oxygen atoms in total. The zero-order chi connectivity index (χ0) is 23.6. The van der Waals surface area contributed by atoms with Gasteiger partial charge in [0, 0.05) is 37.7 Å². The molecule has 9 heteroatoms. The van der Waals surface area contributed by atoms with Gasteiger partial charge in [-0.05, 0) is 55.3 Å². The molecule has 2 aromatic carbocycles. The summed E-state index contributed by atoms with van der Waals surface area (Å²) in [6.45, 7) is 1.72. The largest absolute Gasteiger partial charge is 0.497 e. The van der Waals surface area contributed by atoms with E-state index in [-0.39, 0.29) is 29.8 Å². The van der Waals surface area contributed by atoms with Crippen molar-refractivity contribution in [1.82, 2.24) is 9.21 Å². The van der Waals surface area contributed by atoms with Crippen LogP contribution >= 0.6 is 0 Å². The van der Waals surface area contributed by atoms with Gasteiger partial charge in [-0.15, -0.1) is 0 Å². The molecule has 33 heavy (non-hydrogen) atoms. The van der Waals surface area contributed by atoms with Crippen LogP contribution in [0.3, 0.4) is 0 Å². The molecule has 0 radical (unpaired) electrons. The van der Waals surface area contributed by atoms with E-state index in [2.05, 4.69) is 0 Å². The van der Waals surface area contributed by atoms with Gasteiger partial charge in [-0.25, -0.2) is 8.42 Å². The summed E-state index contributed by atoms with van der Waals surface area (Å²) in [5, 5.41) is 0. The number of benzene rings is 2. The van der Waals surface area contributed by atoms with Crippen LogP contribution in [0, 0.1) is 5.92 Å². The van der Waals surface area contributed by atoms with E-state index in [1.807, 2.05) is 11.0 Å². The molecular formula is C24H30N2O6S. The van der Waals surface area contributed by atoms with Crippen LogP contribution < -0.4 is 14.2 Å². The quantitative estimate of drug-likeness (QED) is 0.614. The van der Waals surface area contributed by atoms with Crippen LogP contribution in [0.25, 0.3) is 0 Å². The van der Waals surface area contributed by atoms with Crippen molar-refractivity contribution in [3.05, 3.63) is 48.0 Å². The predicted molar refractivity (Wildman–Crippen MR) is 123 cm³/mol. The summed E-state index contributed by atoms with van der Waals surface area (Å²) in [7, 11) is 0.887. The normalized spacial score (nSPS) is 21.2. The molecule has 0 saturated carbocycles. The van der Waals surface area contributed by atoms with Gasteiger partial charge in [-0.1, -0.05) is 0 Å². The third-order valence-electron chi connectivity index (χ3n) is 6.55. The van der Waals surface area contributed by atoms with Crippen LogP contribution in [0.15, 0.2) is 47.4 Å². The number of rotatable bonds is 7. The van der Waals surface area contributed by atoms with Gasteiger partial charge in [0.25, 0.3) is 0 Å². The fourth-order valence-corrected chi connectivity index (χ4v) is 6.22. The molecule has 2 aromatic rings. The maximum absolute atomic E-state index is 13.5. The number of likely N-dealkylation sites (tertiary alicyclic amines) is 1. The number of carbonyl (C=O) groups excluding carboxylic acids is 1. The maximum Gasteiger partial charge on any atom is 0.243 e. The highest BCUT2D eigenvalue weighted by atomic mass is 32.2. The number of carbonyl (C=O) groups is 1. The van der Waals surface area contributed by atoms with Crippen molar-refractivity contribution >= 4 is 15.9 Å². The standard InChI is InChI=1S/C24H30N2O6S/c1-30-17-6-9-19(10-7-17)33(28,29)26-15-21(20-14-18(31-2)8-11-23(20)32-3)22(16-26)24(27)25-12-4-5-13-25/h6-11,14,21-22H,4-5,12-13,15-16H2,1-3H3. The maximum atomic E-state index is 13.5. The van der Waals surface area contributed by atoms with Crippen molar-refractivity contribution < 1.29 is 27.4 Å². The lowest BCUT2D eigenvalue weighted by Crippen LogP contribution is -2.37. The van der Waals surface area contributed by atoms with Crippen LogP contribution in [-0.4, -0.2) is 71.0 Å². The Morgan fingerprint density at radius 1 is 0.879 bits per heavy atom. The van der Waals surface area contributed by atoms with Gasteiger partial charge in [0.05, 0.1) is 32.1 Å². The zero-order valence-electron chi connectivity index (χ0n) is 19.2. The highest BCUT2D eigenvalue weighted by molar-refractivity contribution is 7.89. The Morgan fingerprint density at radius 2 is 1.52 bits per heavy atom. The molecule has 4 rings (SSSR count). The lowest BCUT2D eigenvalue weighted by atomic mass is 9.87. The first-order valence-corrected chi connectivity index (χ1v) is 12.5. The minimum Gasteiger partial charge on any atom is -0.497 e. The van der Waals surface area contributed by atoms with E-state index in [0.717, 1.165) is 18.4 Å². The smallest absolute Gasteiger partial charge is 0.243 e. The molecule has 2 saturated heterocycles. The summed E-state index contributed by atoms with van der Waals surface area (Å²) in [5.41, 5.74) is 0.779. The van der Waals surface area contributed by atoms with Gasteiger partial charge in [0.2, 0.25) is 15.9 Å². The molecule has 0 bridgehead atoms. The summed E-state index contributed by atoms with van der Waals surface area (Å²) in [5.74, 6) is 0.970. The van der Waals surface area contributed by atoms with Gasteiger partial charge < -0.3 is 19.1 Å². The van der Waals surface area contributed by atoms with E-state index < -0.39 is 15.9 Å². The molecule has 0 aliphatic carbocycles. The molecule has 0 aromatic heterocycles. The average molecular weight is 475 g/mol. The van der Waals surface area contributed by atoms with E-state index in [0.29, 0.717) is 30.3 Å². The molecule has 1 amide bonds. The molecule has 2 heterocycles. The number of hydrogen-bond acceptors (Lipinski definition) is 6. The highest BCUT2D eigenvalue weighted by Gasteiger charge is 2.46. The van der Waals surface area contributed by atoms with E-state index in [1.54, 1.807) is 38.5 Å². The van der Waals surface area contributed by atoms with Crippen LogP contribution in [0.5, 0.6) is 17.2 Å². The van der Waals surface area contributed by atoms with Crippen molar-refractivity contribution in [3.63, 3.8) is 0 Å². The van der Waals surface area contributed by atoms with Crippen molar-refractivity contribution in [1.29, 1.82) is 0 Å². The Hall–Kier alpha value is -2.78. The Bertz CT molecular complexity index is 1100. The van der Waals surface area contributed by atoms with Gasteiger partial charge in [0.1, 0.15) is 17.2 Å². The topological polar surface area (TPSA) is 85.4 Å². The molecule has 2 aliphatic heterocycles. The van der Waals surface area contributed by atoms with Gasteiger partial charge >= 0.3 is 0 Å². The monoisotopic (exact) mass is 474 g/mol. The first-order chi connectivity index (χ1) is 15.9. The van der Waals surface area contributed by atoms with Crippen molar-refractivity contribution in [2.75, 3.05) is 47.5 Å². The van der Waals surface area contributed by atoms with Gasteiger partial charge in [-0.3, -0.25) is 4.79 Å². The number of methoxy groups -OCH3 is 3. The van der Waals surface area contributed by atoms with E-state index in [9.17, 15) is 13.2 Å². The van der Waals surface area contributed by atoms with Crippen LogP contribution in [-0.2, 0) is 14.8 Å². The van der Waals surface area contributed by atoms with Crippen molar-refractivity contribution in [2.24, 2.45) is 5.92 Å². The molecule has 0 spiro atoms. The fraction of sp³-hybridized carbons (Fsp3) is 0.458. The number of sulfonamides is 1. The van der Waals surface area contributed by atoms with E-state index in [1.165, 1.54) is 23.5 Å². The second-order valence-corrected chi connectivity index (χ2v) is 10.3. The number of nitrogens with zero attached hydrogens (tertiary/aromatic N) is 2. The molecule has 0 N–H and O–H groups in total. The third-order valence-corrected chi connectivity index (χ3v) is 8.40. The first-order valence-electron chi connectivity index (χ1n) is 11.0. The molecule has 178 valence electrons. The Balaban J connectivity index is 1.71. The predicted octanol–water partition coefficient (Wildman–Crippen LogP) is 2.74.